The number of aromatic hydroxyl groups is 1. The Balaban J connectivity index is 1.53. The van der Waals surface area contributed by atoms with Gasteiger partial charge in [0.25, 0.3) is 0 Å². The summed E-state index contributed by atoms with van der Waals surface area (Å²) in [5.41, 5.74) is 2.79. The van der Waals surface area contributed by atoms with Crippen LogP contribution in [0.4, 0.5) is 5.69 Å². The van der Waals surface area contributed by atoms with Crippen LogP contribution in [0, 0.1) is 17.8 Å². The van der Waals surface area contributed by atoms with Gasteiger partial charge in [-0.1, -0.05) is 36.8 Å². The summed E-state index contributed by atoms with van der Waals surface area (Å²) in [5.74, 6) is -2.21. The van der Waals surface area contributed by atoms with E-state index < -0.39 is 38.1 Å². The largest absolute Gasteiger partial charge is 0.508 e. The summed E-state index contributed by atoms with van der Waals surface area (Å²) in [6, 6.07) is 12.7. The summed E-state index contributed by atoms with van der Waals surface area (Å²) in [6.45, 7) is 1.96. The highest BCUT2D eigenvalue weighted by Gasteiger charge is 2.58. The number of anilines is 1. The van der Waals surface area contributed by atoms with Crippen LogP contribution in [0.1, 0.15) is 37.9 Å². The first kappa shape index (κ1) is 22.9. The smallest absolute Gasteiger partial charge is 0.488 e. The summed E-state index contributed by atoms with van der Waals surface area (Å²) in [6.07, 6.45) is 0.841. The minimum atomic E-state index is -1.72. The minimum absolute atomic E-state index is 0.0805. The molecule has 0 spiro atoms. The number of hydrogen-bond acceptors (Lipinski definition) is 7. The van der Waals surface area contributed by atoms with Crippen molar-refractivity contribution in [2.24, 2.45) is 17.8 Å². The summed E-state index contributed by atoms with van der Waals surface area (Å²) in [4.78, 5) is 28.3. The summed E-state index contributed by atoms with van der Waals surface area (Å²) >= 11 is 0. The maximum atomic E-state index is 13.7. The van der Waals surface area contributed by atoms with E-state index >= 15 is 0 Å². The third-order valence-corrected chi connectivity index (χ3v) is 7.31. The van der Waals surface area contributed by atoms with E-state index in [9.17, 15) is 29.8 Å². The molecule has 2 amide bonds. The maximum Gasteiger partial charge on any atom is 0.488 e. The Morgan fingerprint density at radius 2 is 1.85 bits per heavy atom. The molecule has 34 heavy (non-hydrogen) atoms. The second-order valence-electron chi connectivity index (χ2n) is 9.14. The van der Waals surface area contributed by atoms with Crippen molar-refractivity contribution in [1.82, 2.24) is 0 Å². The van der Waals surface area contributed by atoms with Crippen molar-refractivity contribution in [3.63, 3.8) is 0 Å². The molecule has 4 atom stereocenters. The Labute approximate surface area is 197 Å². The number of allylic oxidation sites excluding steroid dienone is 2. The molecule has 4 N–H and O–H groups in total. The zero-order chi connectivity index (χ0) is 24.1. The highest BCUT2D eigenvalue weighted by molar-refractivity contribution is 6.58. The Morgan fingerprint density at radius 1 is 1.09 bits per heavy atom. The fourth-order valence-electron chi connectivity index (χ4n) is 5.77. The molecule has 0 bridgehead atoms. The molecule has 2 heterocycles. The number of hydrogen-bond donors (Lipinski definition) is 4. The molecule has 0 saturated carbocycles. The number of carbonyl (C=O) groups excluding carboxylic acids is 2. The highest BCUT2D eigenvalue weighted by atomic mass is 16.5. The van der Waals surface area contributed by atoms with E-state index in [1.807, 2.05) is 6.92 Å². The molecule has 0 radical (unpaired) electrons. The lowest BCUT2D eigenvalue weighted by atomic mass is 9.55. The molecular weight excluding hydrogens is 436 g/mol. The SMILES string of the molecule is CCC1=C2B(O)O[C@H](c3cccc(O)c3)C[C@H]2[C@H]2C(=O)N(c3cccc(B(O)O)c3)C(=O)[C@H]2C1. The van der Waals surface area contributed by atoms with E-state index in [1.54, 1.807) is 36.4 Å². The van der Waals surface area contributed by atoms with Crippen LogP contribution in [-0.2, 0) is 14.2 Å². The number of amides is 2. The number of carbonyl (C=O) groups is 2. The first-order valence-electron chi connectivity index (χ1n) is 11.5. The van der Waals surface area contributed by atoms with Crippen molar-refractivity contribution in [1.29, 1.82) is 0 Å². The van der Waals surface area contributed by atoms with Crippen molar-refractivity contribution in [2.45, 2.75) is 32.3 Å². The van der Waals surface area contributed by atoms with Crippen LogP contribution >= 0.6 is 0 Å². The maximum absolute atomic E-state index is 13.7. The van der Waals surface area contributed by atoms with Gasteiger partial charge in [-0.15, -0.1) is 0 Å². The van der Waals surface area contributed by atoms with Crippen molar-refractivity contribution < 1.29 is 34.4 Å². The lowest BCUT2D eigenvalue weighted by Gasteiger charge is -2.42. The van der Waals surface area contributed by atoms with Crippen molar-refractivity contribution in [2.75, 3.05) is 4.90 Å². The average molecular weight is 461 g/mol. The molecule has 2 aromatic carbocycles. The zero-order valence-electron chi connectivity index (χ0n) is 18.7. The van der Waals surface area contributed by atoms with Gasteiger partial charge in [-0.25, -0.2) is 0 Å². The second-order valence-corrected chi connectivity index (χ2v) is 9.14. The first-order chi connectivity index (χ1) is 16.3. The predicted molar refractivity (Wildman–Crippen MR) is 126 cm³/mol. The van der Waals surface area contributed by atoms with E-state index in [-0.39, 0.29) is 23.0 Å². The van der Waals surface area contributed by atoms with Gasteiger partial charge in [0.05, 0.1) is 23.6 Å². The Bertz CT molecular complexity index is 1180. The third kappa shape index (κ3) is 3.67. The van der Waals surface area contributed by atoms with E-state index in [2.05, 4.69) is 0 Å². The zero-order valence-corrected chi connectivity index (χ0v) is 18.7. The summed E-state index contributed by atoms with van der Waals surface area (Å²) in [7, 11) is -2.92. The van der Waals surface area contributed by atoms with Gasteiger partial charge in [0.2, 0.25) is 11.8 Å². The summed E-state index contributed by atoms with van der Waals surface area (Å²) < 4.78 is 5.91. The van der Waals surface area contributed by atoms with Gasteiger partial charge in [0.15, 0.2) is 0 Å². The van der Waals surface area contributed by atoms with Crippen LogP contribution in [0.2, 0.25) is 0 Å². The predicted octanol–water partition coefficient (Wildman–Crippen LogP) is 1.09. The van der Waals surface area contributed by atoms with Crippen LogP contribution in [0.15, 0.2) is 59.6 Å². The van der Waals surface area contributed by atoms with E-state index in [4.69, 9.17) is 4.65 Å². The molecule has 5 rings (SSSR count). The molecule has 0 unspecified atom stereocenters. The normalized spacial score (nSPS) is 26.6. The van der Waals surface area contributed by atoms with E-state index in [1.165, 1.54) is 12.1 Å². The number of imide groups is 1. The van der Waals surface area contributed by atoms with Gasteiger partial charge in [0, 0.05) is 0 Å². The number of nitrogens with zero attached hydrogens (tertiary/aromatic N) is 1. The van der Waals surface area contributed by atoms with Crippen LogP contribution in [0.25, 0.3) is 0 Å². The Hall–Kier alpha value is -2.91. The molecule has 2 saturated heterocycles. The Kier molecular flexibility index (Phi) is 5.85. The van der Waals surface area contributed by atoms with E-state index in [0.717, 1.165) is 10.5 Å². The van der Waals surface area contributed by atoms with Gasteiger partial charge in [-0.05, 0) is 65.9 Å². The number of fused-ring (bicyclic) bond motifs is 3. The minimum Gasteiger partial charge on any atom is -0.508 e. The van der Waals surface area contributed by atoms with Crippen LogP contribution in [0.3, 0.4) is 0 Å². The van der Waals surface area contributed by atoms with Crippen molar-refractivity contribution in [3.05, 3.63) is 65.1 Å². The molecule has 0 aromatic heterocycles. The van der Waals surface area contributed by atoms with E-state index in [0.29, 0.717) is 36.0 Å². The van der Waals surface area contributed by atoms with Crippen LogP contribution in [0.5, 0.6) is 5.75 Å². The molecule has 3 aliphatic rings. The van der Waals surface area contributed by atoms with Crippen LogP contribution in [-0.4, -0.2) is 46.2 Å². The molecule has 2 fully saturated rings. The molecule has 2 aromatic rings. The summed E-state index contributed by atoms with van der Waals surface area (Å²) in [5, 5.41) is 39.9. The monoisotopic (exact) mass is 461 g/mol. The number of benzene rings is 2. The highest BCUT2D eigenvalue weighted by Crippen LogP contribution is 2.52. The van der Waals surface area contributed by atoms with Gasteiger partial charge in [-0.2, -0.15) is 0 Å². The fourth-order valence-corrected chi connectivity index (χ4v) is 5.77. The van der Waals surface area contributed by atoms with Crippen molar-refractivity contribution in [3.8, 4) is 5.75 Å². The van der Waals surface area contributed by atoms with Gasteiger partial charge in [-0.3, -0.25) is 14.5 Å². The number of phenols is 1. The lowest BCUT2D eigenvalue weighted by molar-refractivity contribution is -0.123. The molecule has 10 heteroatoms. The number of phenolic OH excluding ortho intramolecular Hbond substituents is 1. The first-order valence-corrected chi connectivity index (χ1v) is 11.5. The fraction of sp³-hybridized carbons (Fsp3) is 0.333. The quantitative estimate of drug-likeness (QED) is 0.397. The van der Waals surface area contributed by atoms with Gasteiger partial charge < -0.3 is 24.8 Å². The van der Waals surface area contributed by atoms with Gasteiger partial charge in [0.1, 0.15) is 5.75 Å². The molecule has 1 aliphatic carbocycles. The molecule has 174 valence electrons. The lowest BCUT2D eigenvalue weighted by Crippen LogP contribution is -2.44. The number of rotatable bonds is 4. The molecule has 2 aliphatic heterocycles. The molecular formula is C24H25B2NO7. The average Bonchev–Trinajstić information content (AvgIpc) is 3.08. The van der Waals surface area contributed by atoms with Crippen LogP contribution < -0.4 is 10.4 Å². The standard InChI is InChI=1S/C24H25B2NO7/c1-2-13-10-19-21(24(30)27(23(19)29)16-7-4-6-15(11-16)25(31)32)18-12-20(34-26(33)22(13)18)14-5-3-8-17(28)9-14/h3-9,11,18-21,28,31-33H,2,10,12H2,1H3/t18-,19-,20-,21+/m0/s1. The van der Waals surface area contributed by atoms with Crippen molar-refractivity contribution >= 4 is 37.2 Å². The molecule has 8 nitrogen and oxygen atoms in total. The second kappa shape index (κ2) is 8.70. The topological polar surface area (TPSA) is 128 Å². The Morgan fingerprint density at radius 3 is 2.56 bits per heavy atom. The third-order valence-electron chi connectivity index (χ3n) is 7.31. The van der Waals surface area contributed by atoms with Gasteiger partial charge >= 0.3 is 14.2 Å².